The van der Waals surface area contributed by atoms with Crippen molar-refractivity contribution in [3.8, 4) is 11.4 Å². The van der Waals surface area contributed by atoms with Crippen LogP contribution in [0.25, 0.3) is 11.4 Å². The van der Waals surface area contributed by atoms with E-state index >= 15 is 0 Å². The van der Waals surface area contributed by atoms with Gasteiger partial charge in [0, 0.05) is 52.8 Å². The Hall–Kier alpha value is -2.63. The number of hydrogen-bond acceptors (Lipinski definition) is 4. The fraction of sp³-hybridized carbons (Fsp3) is 0.292. The number of aromatic nitrogens is 2. The minimum Gasteiger partial charge on any atom is -0.357 e. The number of fused-ring (bicyclic) bond motifs is 1. The number of amides is 1. The van der Waals surface area contributed by atoms with Crippen LogP contribution in [0.2, 0.25) is 10.0 Å². The first kappa shape index (κ1) is 21.6. The van der Waals surface area contributed by atoms with E-state index in [9.17, 15) is 4.79 Å². The normalized spacial score (nSPS) is 13.3. The first-order valence-corrected chi connectivity index (χ1v) is 11.0. The lowest BCUT2D eigenvalue weighted by Gasteiger charge is -2.33. The SMILES string of the molecule is CC(C)N(C)c1nc(-c2ccccc2)nc2c1CN(C(=O)c1cc(Cl)cc(Cl)c1)CC2. The van der Waals surface area contributed by atoms with Crippen molar-refractivity contribution in [2.75, 3.05) is 18.5 Å². The highest BCUT2D eigenvalue weighted by atomic mass is 35.5. The Labute approximate surface area is 192 Å². The molecule has 2 aromatic carbocycles. The van der Waals surface area contributed by atoms with E-state index in [1.807, 2.05) is 42.3 Å². The van der Waals surface area contributed by atoms with Gasteiger partial charge in [-0.15, -0.1) is 0 Å². The standard InChI is InChI=1S/C24H24Cl2N4O/c1-15(2)29(3)23-20-14-30(24(31)17-11-18(25)13-19(26)12-17)10-9-21(20)27-22(28-23)16-7-5-4-6-8-16/h4-8,11-13,15H,9-10,14H2,1-3H3. The van der Waals surface area contributed by atoms with E-state index in [1.165, 1.54) is 0 Å². The first-order valence-electron chi connectivity index (χ1n) is 10.3. The summed E-state index contributed by atoms with van der Waals surface area (Å²) < 4.78 is 0. The molecule has 160 valence electrons. The maximum absolute atomic E-state index is 13.2. The molecule has 1 aliphatic rings. The number of carbonyl (C=O) groups excluding carboxylic acids is 1. The summed E-state index contributed by atoms with van der Waals surface area (Å²) in [6.45, 7) is 5.26. The van der Waals surface area contributed by atoms with Crippen LogP contribution in [0.15, 0.2) is 48.5 Å². The van der Waals surface area contributed by atoms with Crippen LogP contribution in [-0.2, 0) is 13.0 Å². The van der Waals surface area contributed by atoms with Gasteiger partial charge in [-0.3, -0.25) is 4.79 Å². The summed E-state index contributed by atoms with van der Waals surface area (Å²) in [5.74, 6) is 1.48. The predicted octanol–water partition coefficient (Wildman–Crippen LogP) is 5.49. The van der Waals surface area contributed by atoms with Gasteiger partial charge in [0.1, 0.15) is 5.82 Å². The lowest BCUT2D eigenvalue weighted by atomic mass is 10.0. The van der Waals surface area contributed by atoms with Crippen molar-refractivity contribution < 1.29 is 4.79 Å². The highest BCUT2D eigenvalue weighted by molar-refractivity contribution is 6.35. The molecule has 1 aromatic heterocycles. The minimum absolute atomic E-state index is 0.0969. The van der Waals surface area contributed by atoms with Crippen LogP contribution >= 0.6 is 23.2 Å². The number of benzene rings is 2. The summed E-state index contributed by atoms with van der Waals surface area (Å²) in [7, 11) is 2.03. The van der Waals surface area contributed by atoms with E-state index < -0.39 is 0 Å². The monoisotopic (exact) mass is 454 g/mol. The number of rotatable bonds is 4. The molecular weight excluding hydrogens is 431 g/mol. The van der Waals surface area contributed by atoms with E-state index in [-0.39, 0.29) is 11.9 Å². The van der Waals surface area contributed by atoms with Gasteiger partial charge in [0.2, 0.25) is 0 Å². The molecule has 0 fully saturated rings. The highest BCUT2D eigenvalue weighted by Gasteiger charge is 2.28. The van der Waals surface area contributed by atoms with Crippen molar-refractivity contribution in [1.29, 1.82) is 0 Å². The molecular formula is C24H24Cl2N4O. The third-order valence-corrected chi connectivity index (χ3v) is 6.01. The van der Waals surface area contributed by atoms with Crippen LogP contribution in [0.1, 0.15) is 35.5 Å². The fourth-order valence-corrected chi connectivity index (χ4v) is 4.21. The number of hydrogen-bond donors (Lipinski definition) is 0. The Balaban J connectivity index is 1.73. The highest BCUT2D eigenvalue weighted by Crippen LogP contribution is 2.31. The molecule has 0 atom stereocenters. The van der Waals surface area contributed by atoms with Crippen LogP contribution in [0.5, 0.6) is 0 Å². The molecule has 0 saturated heterocycles. The molecule has 2 heterocycles. The topological polar surface area (TPSA) is 49.3 Å². The Morgan fingerprint density at radius 3 is 2.39 bits per heavy atom. The molecule has 0 saturated carbocycles. The lowest BCUT2D eigenvalue weighted by Crippen LogP contribution is -2.38. The predicted molar refractivity (Wildman–Crippen MR) is 126 cm³/mol. The third-order valence-electron chi connectivity index (χ3n) is 5.58. The lowest BCUT2D eigenvalue weighted by molar-refractivity contribution is 0.0733. The van der Waals surface area contributed by atoms with Crippen molar-refractivity contribution >= 4 is 34.9 Å². The summed E-state index contributed by atoms with van der Waals surface area (Å²) in [6, 6.07) is 15.2. The van der Waals surface area contributed by atoms with Gasteiger partial charge in [-0.1, -0.05) is 53.5 Å². The molecule has 5 nitrogen and oxygen atoms in total. The average molecular weight is 455 g/mol. The maximum atomic E-state index is 13.2. The van der Waals surface area contributed by atoms with Gasteiger partial charge in [-0.25, -0.2) is 9.97 Å². The van der Waals surface area contributed by atoms with Crippen molar-refractivity contribution in [2.45, 2.75) is 32.9 Å². The zero-order chi connectivity index (χ0) is 22.1. The van der Waals surface area contributed by atoms with E-state index in [4.69, 9.17) is 33.2 Å². The molecule has 31 heavy (non-hydrogen) atoms. The average Bonchev–Trinajstić information content (AvgIpc) is 2.76. The van der Waals surface area contributed by atoms with Crippen LogP contribution in [0.3, 0.4) is 0 Å². The summed E-state index contributed by atoms with van der Waals surface area (Å²) in [4.78, 5) is 26.9. The molecule has 0 radical (unpaired) electrons. The van der Waals surface area contributed by atoms with E-state index in [1.54, 1.807) is 18.2 Å². The second-order valence-corrected chi connectivity index (χ2v) is 8.87. The van der Waals surface area contributed by atoms with Gasteiger partial charge in [-0.2, -0.15) is 0 Å². The third kappa shape index (κ3) is 4.53. The Morgan fingerprint density at radius 1 is 1.06 bits per heavy atom. The van der Waals surface area contributed by atoms with Crippen molar-refractivity contribution in [2.24, 2.45) is 0 Å². The van der Waals surface area contributed by atoms with Gasteiger partial charge in [0.25, 0.3) is 5.91 Å². The summed E-state index contributed by atoms with van der Waals surface area (Å²) >= 11 is 12.2. The quantitative estimate of drug-likeness (QED) is 0.522. The largest absolute Gasteiger partial charge is 0.357 e. The van der Waals surface area contributed by atoms with E-state index in [2.05, 4.69) is 18.7 Å². The summed E-state index contributed by atoms with van der Waals surface area (Å²) in [5.41, 5.74) is 3.45. The van der Waals surface area contributed by atoms with E-state index in [0.717, 1.165) is 22.6 Å². The Morgan fingerprint density at radius 2 is 1.74 bits per heavy atom. The molecule has 0 unspecified atom stereocenters. The molecule has 1 amide bonds. The number of halogens is 2. The zero-order valence-electron chi connectivity index (χ0n) is 17.8. The number of nitrogens with zero attached hydrogens (tertiary/aromatic N) is 4. The number of anilines is 1. The molecule has 3 aromatic rings. The van der Waals surface area contributed by atoms with Gasteiger partial charge in [0.05, 0.1) is 12.2 Å². The van der Waals surface area contributed by atoms with Crippen LogP contribution in [-0.4, -0.2) is 40.4 Å². The molecule has 0 bridgehead atoms. The fourth-order valence-electron chi connectivity index (χ4n) is 3.68. The van der Waals surface area contributed by atoms with Crippen LogP contribution < -0.4 is 4.90 Å². The smallest absolute Gasteiger partial charge is 0.254 e. The van der Waals surface area contributed by atoms with Crippen molar-refractivity contribution in [3.05, 3.63) is 75.4 Å². The molecule has 0 spiro atoms. The number of carbonyl (C=O) groups is 1. The minimum atomic E-state index is -0.0969. The second kappa shape index (κ2) is 8.85. The first-order chi connectivity index (χ1) is 14.8. The summed E-state index contributed by atoms with van der Waals surface area (Å²) in [5, 5.41) is 0.897. The zero-order valence-corrected chi connectivity index (χ0v) is 19.3. The second-order valence-electron chi connectivity index (χ2n) is 8.00. The van der Waals surface area contributed by atoms with Crippen molar-refractivity contribution in [3.63, 3.8) is 0 Å². The van der Waals surface area contributed by atoms with Gasteiger partial charge >= 0.3 is 0 Å². The van der Waals surface area contributed by atoms with E-state index in [0.29, 0.717) is 40.9 Å². The molecule has 1 aliphatic heterocycles. The molecule has 0 aliphatic carbocycles. The maximum Gasteiger partial charge on any atom is 0.254 e. The molecule has 4 rings (SSSR count). The van der Waals surface area contributed by atoms with Crippen molar-refractivity contribution in [1.82, 2.24) is 14.9 Å². The van der Waals surface area contributed by atoms with Gasteiger partial charge < -0.3 is 9.80 Å². The van der Waals surface area contributed by atoms with Crippen LogP contribution in [0, 0.1) is 0 Å². The van der Waals surface area contributed by atoms with Crippen LogP contribution in [0.4, 0.5) is 5.82 Å². The summed E-state index contributed by atoms with van der Waals surface area (Å²) in [6.07, 6.45) is 0.663. The molecule has 7 heteroatoms. The Bertz CT molecular complexity index is 1100. The van der Waals surface area contributed by atoms with Gasteiger partial charge in [-0.05, 0) is 32.0 Å². The molecule has 0 N–H and O–H groups in total. The van der Waals surface area contributed by atoms with Gasteiger partial charge in [0.15, 0.2) is 5.82 Å². The Kier molecular flexibility index (Phi) is 6.17.